The van der Waals surface area contributed by atoms with Crippen molar-refractivity contribution in [3.8, 4) is 0 Å². The first-order valence-corrected chi connectivity index (χ1v) is 8.37. The van der Waals surface area contributed by atoms with Crippen molar-refractivity contribution in [3.05, 3.63) is 71.8 Å². The summed E-state index contributed by atoms with van der Waals surface area (Å²) in [6.07, 6.45) is 2.38. The van der Waals surface area contributed by atoms with Crippen molar-refractivity contribution in [1.29, 1.82) is 0 Å². The van der Waals surface area contributed by atoms with E-state index in [4.69, 9.17) is 0 Å². The van der Waals surface area contributed by atoms with Crippen molar-refractivity contribution in [2.45, 2.75) is 25.7 Å². The van der Waals surface area contributed by atoms with Crippen molar-refractivity contribution in [2.24, 2.45) is 11.8 Å². The van der Waals surface area contributed by atoms with E-state index in [-0.39, 0.29) is 23.3 Å². The Balaban J connectivity index is 1.96. The molecule has 2 aromatic rings. The molecule has 1 aliphatic carbocycles. The highest BCUT2D eigenvalue weighted by atomic mass is 16.2. The molecule has 3 rings (SSSR count). The zero-order valence-electron chi connectivity index (χ0n) is 13.5. The molecule has 0 amide bonds. The Hall–Kier alpha value is -2.55. The summed E-state index contributed by atoms with van der Waals surface area (Å²) in [4.78, 5) is 37.9. The molecule has 0 spiro atoms. The summed E-state index contributed by atoms with van der Waals surface area (Å²) in [5.74, 6) is -1.18. The molecule has 1 fully saturated rings. The van der Waals surface area contributed by atoms with Gasteiger partial charge in [0.2, 0.25) is 0 Å². The number of hydrogen-bond acceptors (Lipinski definition) is 3. The Labute approximate surface area is 141 Å². The van der Waals surface area contributed by atoms with Gasteiger partial charge in [-0.05, 0) is 18.8 Å². The largest absolute Gasteiger partial charge is 0.300 e. The van der Waals surface area contributed by atoms with Gasteiger partial charge in [-0.25, -0.2) is 0 Å². The lowest BCUT2D eigenvalue weighted by Crippen LogP contribution is -2.35. The molecule has 122 valence electrons. The lowest BCUT2D eigenvalue weighted by molar-refractivity contribution is -0.121. The highest BCUT2D eigenvalue weighted by molar-refractivity contribution is 6.16. The van der Waals surface area contributed by atoms with Gasteiger partial charge in [0, 0.05) is 24.0 Å². The maximum Gasteiger partial charge on any atom is 0.173 e. The molecule has 0 N–H and O–H groups in total. The number of rotatable bonds is 5. The molecule has 3 nitrogen and oxygen atoms in total. The molecule has 3 heteroatoms. The molecule has 0 bridgehead atoms. The van der Waals surface area contributed by atoms with Crippen LogP contribution in [-0.2, 0) is 4.79 Å². The maximum atomic E-state index is 13.0. The SMILES string of the molecule is O=C1CCCC(C(C(=O)c2ccccc2)C(=O)c2ccccc2)C1. The molecule has 1 atom stereocenters. The van der Waals surface area contributed by atoms with Gasteiger partial charge in [-0.2, -0.15) is 0 Å². The second-order valence-electron chi connectivity index (χ2n) is 6.33. The van der Waals surface area contributed by atoms with E-state index in [1.807, 2.05) is 12.1 Å². The zero-order chi connectivity index (χ0) is 16.9. The van der Waals surface area contributed by atoms with Gasteiger partial charge in [-0.1, -0.05) is 60.7 Å². The highest BCUT2D eigenvalue weighted by Crippen LogP contribution is 2.32. The van der Waals surface area contributed by atoms with Gasteiger partial charge in [0.25, 0.3) is 0 Å². The summed E-state index contributed by atoms with van der Waals surface area (Å²) >= 11 is 0. The van der Waals surface area contributed by atoms with Crippen molar-refractivity contribution >= 4 is 17.3 Å². The molecular formula is C21H20O3. The third kappa shape index (κ3) is 3.51. The Morgan fingerprint density at radius 1 is 0.833 bits per heavy atom. The molecule has 1 aliphatic rings. The fourth-order valence-electron chi connectivity index (χ4n) is 3.45. The average molecular weight is 320 g/mol. The highest BCUT2D eigenvalue weighted by Gasteiger charge is 2.37. The Morgan fingerprint density at radius 3 is 1.79 bits per heavy atom. The van der Waals surface area contributed by atoms with Gasteiger partial charge in [0.05, 0.1) is 5.92 Å². The van der Waals surface area contributed by atoms with Gasteiger partial charge >= 0.3 is 0 Å². The summed E-state index contributed by atoms with van der Waals surface area (Å²) in [5.41, 5.74) is 1.06. The normalized spacial score (nSPS) is 17.7. The van der Waals surface area contributed by atoms with Crippen LogP contribution in [0.1, 0.15) is 46.4 Å². The Bertz CT molecular complexity index is 683. The minimum absolute atomic E-state index is 0.151. The number of ketones is 3. The van der Waals surface area contributed by atoms with Crippen LogP contribution in [0, 0.1) is 11.8 Å². The fraction of sp³-hybridized carbons (Fsp3) is 0.286. The smallest absolute Gasteiger partial charge is 0.173 e. The van der Waals surface area contributed by atoms with E-state index in [1.165, 1.54) is 0 Å². The summed E-state index contributed by atoms with van der Waals surface area (Å²) in [6, 6.07) is 17.8. The monoisotopic (exact) mass is 320 g/mol. The topological polar surface area (TPSA) is 51.2 Å². The van der Waals surface area contributed by atoms with Crippen LogP contribution in [0.25, 0.3) is 0 Å². The van der Waals surface area contributed by atoms with Crippen molar-refractivity contribution in [3.63, 3.8) is 0 Å². The number of carbonyl (C=O) groups excluding carboxylic acids is 3. The maximum absolute atomic E-state index is 13.0. The van der Waals surface area contributed by atoms with Crippen LogP contribution in [0.2, 0.25) is 0 Å². The van der Waals surface area contributed by atoms with Crippen LogP contribution in [0.5, 0.6) is 0 Å². The fourth-order valence-corrected chi connectivity index (χ4v) is 3.45. The van der Waals surface area contributed by atoms with Crippen LogP contribution in [0.4, 0.5) is 0 Å². The second kappa shape index (κ2) is 7.35. The first kappa shape index (κ1) is 16.3. The number of hydrogen-bond donors (Lipinski definition) is 0. The quantitative estimate of drug-likeness (QED) is 0.615. The van der Waals surface area contributed by atoms with E-state index >= 15 is 0 Å². The lowest BCUT2D eigenvalue weighted by atomic mass is 9.73. The van der Waals surface area contributed by atoms with Crippen molar-refractivity contribution in [1.82, 2.24) is 0 Å². The van der Waals surface area contributed by atoms with Crippen LogP contribution in [-0.4, -0.2) is 17.3 Å². The van der Waals surface area contributed by atoms with Gasteiger partial charge in [-0.15, -0.1) is 0 Å². The van der Waals surface area contributed by atoms with Crippen LogP contribution in [0.15, 0.2) is 60.7 Å². The average Bonchev–Trinajstić information content (AvgIpc) is 2.63. The van der Waals surface area contributed by atoms with Gasteiger partial charge in [0.1, 0.15) is 5.78 Å². The lowest BCUT2D eigenvalue weighted by Gasteiger charge is -2.28. The van der Waals surface area contributed by atoms with E-state index in [0.717, 1.165) is 12.8 Å². The van der Waals surface area contributed by atoms with Gasteiger partial charge in [-0.3, -0.25) is 14.4 Å². The minimum Gasteiger partial charge on any atom is -0.300 e. The first-order chi connectivity index (χ1) is 11.7. The van der Waals surface area contributed by atoms with Crippen molar-refractivity contribution < 1.29 is 14.4 Å². The predicted molar refractivity (Wildman–Crippen MR) is 92.0 cm³/mol. The number of Topliss-reactive ketones (excluding diaryl/α,β-unsaturated/α-hetero) is 3. The van der Waals surface area contributed by atoms with E-state index in [0.29, 0.717) is 24.0 Å². The number of carbonyl (C=O) groups is 3. The summed E-state index contributed by atoms with van der Waals surface area (Å²) in [5, 5.41) is 0. The third-order valence-electron chi connectivity index (χ3n) is 4.67. The molecular weight excluding hydrogens is 300 g/mol. The van der Waals surface area contributed by atoms with E-state index in [1.54, 1.807) is 48.5 Å². The van der Waals surface area contributed by atoms with Gasteiger partial charge in [0.15, 0.2) is 11.6 Å². The predicted octanol–water partition coefficient (Wildman–Crippen LogP) is 4.13. The molecule has 0 saturated heterocycles. The molecule has 1 unspecified atom stereocenters. The molecule has 24 heavy (non-hydrogen) atoms. The van der Waals surface area contributed by atoms with E-state index < -0.39 is 5.92 Å². The van der Waals surface area contributed by atoms with Crippen LogP contribution >= 0.6 is 0 Å². The van der Waals surface area contributed by atoms with Crippen LogP contribution in [0.3, 0.4) is 0 Å². The zero-order valence-corrected chi connectivity index (χ0v) is 13.5. The summed E-state index contributed by atoms with van der Waals surface area (Å²) in [6.45, 7) is 0. The van der Waals surface area contributed by atoms with Crippen LogP contribution < -0.4 is 0 Å². The standard InChI is InChI=1S/C21H20O3/c22-18-13-7-12-17(14-18)19(20(23)15-8-3-1-4-9-15)21(24)16-10-5-2-6-11-16/h1-6,8-11,17,19H,7,12-14H2. The molecule has 0 aliphatic heterocycles. The first-order valence-electron chi connectivity index (χ1n) is 8.37. The molecule has 0 radical (unpaired) electrons. The van der Waals surface area contributed by atoms with Gasteiger partial charge < -0.3 is 0 Å². The summed E-state index contributed by atoms with van der Waals surface area (Å²) < 4.78 is 0. The van der Waals surface area contributed by atoms with E-state index in [2.05, 4.69) is 0 Å². The third-order valence-corrected chi connectivity index (χ3v) is 4.67. The number of benzene rings is 2. The second-order valence-corrected chi connectivity index (χ2v) is 6.33. The molecule has 0 aromatic heterocycles. The molecule has 1 saturated carbocycles. The Morgan fingerprint density at radius 2 is 1.33 bits per heavy atom. The van der Waals surface area contributed by atoms with Crippen molar-refractivity contribution in [2.75, 3.05) is 0 Å². The van der Waals surface area contributed by atoms with E-state index in [9.17, 15) is 14.4 Å². The summed E-state index contributed by atoms with van der Waals surface area (Å²) in [7, 11) is 0. The molecule has 2 aromatic carbocycles. The molecule has 0 heterocycles. The minimum atomic E-state index is -0.779. The Kier molecular flexibility index (Phi) is 4.99.